The first-order chi connectivity index (χ1) is 12.7. The molecule has 0 aromatic rings. The maximum Gasteiger partial charge on any atom is 0.307 e. The molecule has 152 valence electrons. The number of carbonyl (C=O) groups excluding carboxylic acids is 1. The van der Waals surface area contributed by atoms with Gasteiger partial charge in [-0.05, 0) is 99.2 Å². The molecule has 0 spiro atoms. The minimum absolute atomic E-state index is 0.106. The van der Waals surface area contributed by atoms with Crippen LogP contribution >= 0.6 is 0 Å². The van der Waals surface area contributed by atoms with Crippen molar-refractivity contribution in [3.05, 3.63) is 12.2 Å². The van der Waals surface area contributed by atoms with Gasteiger partial charge in [0.1, 0.15) is 6.10 Å². The van der Waals surface area contributed by atoms with Gasteiger partial charge in [0.15, 0.2) is 0 Å². The summed E-state index contributed by atoms with van der Waals surface area (Å²) in [5, 5.41) is 0. The number of ether oxygens (including phenoxy) is 1. The van der Waals surface area contributed by atoms with Gasteiger partial charge in [0.25, 0.3) is 0 Å². The highest BCUT2D eigenvalue weighted by atomic mass is 16.5. The second-order valence-corrected chi connectivity index (χ2v) is 10.8. The number of allylic oxidation sites excluding steroid dienone is 1. The van der Waals surface area contributed by atoms with E-state index >= 15 is 0 Å². The smallest absolute Gasteiger partial charge is 0.307 e. The van der Waals surface area contributed by atoms with E-state index < -0.39 is 0 Å². The van der Waals surface area contributed by atoms with Gasteiger partial charge in [0.2, 0.25) is 0 Å². The second kappa shape index (κ2) is 6.90. The lowest BCUT2D eigenvalue weighted by atomic mass is 9.45. The standard InChI is InChI=1S/C24H39NO2/c1-15-5-8-20-19-7-6-17-14-18(27-22(26)13-16(2)25)9-11-24(17,4)21(19)10-12-23(15,20)3/h16-21H,1,5-14,25H2,2-4H3/t16?,17?,18-,19?,20?,21?,23+,24-/m0/s1. The van der Waals surface area contributed by atoms with Crippen LogP contribution in [0.15, 0.2) is 12.2 Å². The topological polar surface area (TPSA) is 52.3 Å². The van der Waals surface area contributed by atoms with E-state index in [-0.39, 0.29) is 18.1 Å². The van der Waals surface area contributed by atoms with Crippen LogP contribution in [0.4, 0.5) is 0 Å². The van der Waals surface area contributed by atoms with Crippen molar-refractivity contribution in [3.8, 4) is 0 Å². The van der Waals surface area contributed by atoms with Crippen molar-refractivity contribution in [1.29, 1.82) is 0 Å². The van der Waals surface area contributed by atoms with Crippen LogP contribution < -0.4 is 5.73 Å². The molecule has 0 bridgehead atoms. The Morgan fingerprint density at radius 1 is 1.19 bits per heavy atom. The molecule has 0 amide bonds. The molecule has 4 saturated carbocycles. The van der Waals surface area contributed by atoms with E-state index in [1.807, 2.05) is 6.92 Å². The Morgan fingerprint density at radius 2 is 1.96 bits per heavy atom. The fourth-order valence-corrected chi connectivity index (χ4v) is 7.73. The molecule has 8 atom stereocenters. The monoisotopic (exact) mass is 373 g/mol. The zero-order chi connectivity index (χ0) is 19.4. The molecule has 27 heavy (non-hydrogen) atoms. The summed E-state index contributed by atoms with van der Waals surface area (Å²) >= 11 is 0. The highest BCUT2D eigenvalue weighted by Gasteiger charge is 2.58. The third-order valence-electron chi connectivity index (χ3n) is 9.36. The number of hydrogen-bond acceptors (Lipinski definition) is 3. The summed E-state index contributed by atoms with van der Waals surface area (Å²) in [7, 11) is 0. The summed E-state index contributed by atoms with van der Waals surface area (Å²) in [6.45, 7) is 11.4. The minimum atomic E-state index is -0.112. The molecular formula is C24H39NO2. The molecule has 0 radical (unpaired) electrons. The van der Waals surface area contributed by atoms with Gasteiger partial charge in [-0.1, -0.05) is 26.0 Å². The molecule has 0 aromatic carbocycles. The van der Waals surface area contributed by atoms with Crippen LogP contribution in [0.1, 0.15) is 85.0 Å². The lowest BCUT2D eigenvalue weighted by Gasteiger charge is -2.60. The van der Waals surface area contributed by atoms with Crippen molar-refractivity contribution in [2.24, 2.45) is 40.2 Å². The fraction of sp³-hybridized carbons (Fsp3) is 0.875. The average molecular weight is 374 g/mol. The van der Waals surface area contributed by atoms with E-state index in [0.29, 0.717) is 17.3 Å². The number of nitrogens with two attached hydrogens (primary N) is 1. The van der Waals surface area contributed by atoms with Crippen LogP contribution in [0.2, 0.25) is 0 Å². The third-order valence-corrected chi connectivity index (χ3v) is 9.36. The zero-order valence-corrected chi connectivity index (χ0v) is 17.6. The van der Waals surface area contributed by atoms with Gasteiger partial charge >= 0.3 is 5.97 Å². The van der Waals surface area contributed by atoms with Crippen LogP contribution in [0.5, 0.6) is 0 Å². The van der Waals surface area contributed by atoms with E-state index in [0.717, 1.165) is 36.5 Å². The van der Waals surface area contributed by atoms with Crippen LogP contribution in [0.3, 0.4) is 0 Å². The first-order valence-electron chi connectivity index (χ1n) is 11.4. The van der Waals surface area contributed by atoms with Crippen molar-refractivity contribution >= 4 is 5.97 Å². The maximum atomic E-state index is 12.1. The summed E-state index contributed by atoms with van der Waals surface area (Å²) in [4.78, 5) is 12.1. The molecule has 0 heterocycles. The van der Waals surface area contributed by atoms with E-state index in [1.165, 1.54) is 50.5 Å². The van der Waals surface area contributed by atoms with Crippen LogP contribution in [-0.4, -0.2) is 18.1 Å². The fourth-order valence-electron chi connectivity index (χ4n) is 7.73. The number of carbonyl (C=O) groups is 1. The number of fused-ring (bicyclic) bond motifs is 5. The molecule has 3 heteroatoms. The highest BCUT2D eigenvalue weighted by molar-refractivity contribution is 5.70. The largest absolute Gasteiger partial charge is 0.462 e. The van der Waals surface area contributed by atoms with E-state index in [9.17, 15) is 4.79 Å². The molecule has 4 aliphatic rings. The Kier molecular flexibility index (Phi) is 4.98. The van der Waals surface area contributed by atoms with Crippen LogP contribution in [-0.2, 0) is 9.53 Å². The summed E-state index contributed by atoms with van der Waals surface area (Å²) in [6, 6.07) is -0.112. The Morgan fingerprint density at radius 3 is 2.70 bits per heavy atom. The van der Waals surface area contributed by atoms with Gasteiger partial charge in [0.05, 0.1) is 6.42 Å². The van der Waals surface area contributed by atoms with Gasteiger partial charge in [-0.2, -0.15) is 0 Å². The number of esters is 1. The lowest BCUT2D eigenvalue weighted by molar-refractivity contribution is -0.161. The Bertz CT molecular complexity index is 614. The van der Waals surface area contributed by atoms with Gasteiger partial charge < -0.3 is 10.5 Å². The van der Waals surface area contributed by atoms with Gasteiger partial charge in [-0.25, -0.2) is 0 Å². The lowest BCUT2D eigenvalue weighted by Crippen LogP contribution is -2.53. The van der Waals surface area contributed by atoms with Crippen molar-refractivity contribution in [2.75, 3.05) is 0 Å². The zero-order valence-electron chi connectivity index (χ0n) is 17.6. The first-order valence-corrected chi connectivity index (χ1v) is 11.4. The first kappa shape index (κ1) is 19.5. The SMILES string of the molecule is C=C1CCC2C3CCC4C[C@@H](OC(=O)CC(C)N)CC[C@]4(C)C3CC[C@]12C. The number of rotatable bonds is 3. The van der Waals surface area contributed by atoms with Crippen molar-refractivity contribution in [1.82, 2.24) is 0 Å². The summed E-state index contributed by atoms with van der Waals surface area (Å²) in [6.07, 6.45) is 11.8. The molecule has 4 rings (SSSR count). The molecule has 0 aromatic heterocycles. The Labute approximate surface area is 165 Å². The van der Waals surface area contributed by atoms with E-state index in [1.54, 1.807) is 0 Å². The molecular weight excluding hydrogens is 334 g/mol. The van der Waals surface area contributed by atoms with E-state index in [4.69, 9.17) is 10.5 Å². The molecule has 0 aliphatic heterocycles. The predicted octanol–water partition coefficient (Wildman–Crippen LogP) is 5.23. The highest BCUT2D eigenvalue weighted by Crippen LogP contribution is 2.67. The van der Waals surface area contributed by atoms with Crippen molar-refractivity contribution in [3.63, 3.8) is 0 Å². The van der Waals surface area contributed by atoms with Crippen molar-refractivity contribution < 1.29 is 9.53 Å². The molecule has 2 N–H and O–H groups in total. The van der Waals surface area contributed by atoms with Gasteiger partial charge in [-0.3, -0.25) is 4.79 Å². The third kappa shape index (κ3) is 3.18. The van der Waals surface area contributed by atoms with Gasteiger partial charge in [-0.15, -0.1) is 0 Å². The molecule has 4 aliphatic carbocycles. The Hall–Kier alpha value is -0.830. The summed E-state index contributed by atoms with van der Waals surface area (Å²) < 4.78 is 5.80. The average Bonchev–Trinajstić information content (AvgIpc) is 2.90. The predicted molar refractivity (Wildman–Crippen MR) is 109 cm³/mol. The number of hydrogen-bond donors (Lipinski definition) is 1. The normalized spacial score (nSPS) is 47.6. The summed E-state index contributed by atoms with van der Waals surface area (Å²) in [5.41, 5.74) is 8.14. The molecule has 4 fully saturated rings. The quantitative estimate of drug-likeness (QED) is 0.544. The molecule has 5 unspecified atom stereocenters. The Balaban J connectivity index is 1.45. The van der Waals surface area contributed by atoms with Crippen molar-refractivity contribution in [2.45, 2.75) is 97.1 Å². The van der Waals surface area contributed by atoms with Crippen LogP contribution in [0.25, 0.3) is 0 Å². The molecule has 3 nitrogen and oxygen atoms in total. The van der Waals surface area contributed by atoms with Crippen LogP contribution in [0, 0.1) is 34.5 Å². The second-order valence-electron chi connectivity index (χ2n) is 10.8. The van der Waals surface area contributed by atoms with Gasteiger partial charge in [0, 0.05) is 6.04 Å². The molecule has 0 saturated heterocycles. The van der Waals surface area contributed by atoms with E-state index in [2.05, 4.69) is 20.4 Å². The maximum absolute atomic E-state index is 12.1. The minimum Gasteiger partial charge on any atom is -0.462 e. The summed E-state index contributed by atoms with van der Waals surface area (Å²) in [5.74, 6) is 3.23.